The van der Waals surface area contributed by atoms with Gasteiger partial charge in [0, 0.05) is 30.0 Å². The lowest BCUT2D eigenvalue weighted by Crippen LogP contribution is -2.45. The van der Waals surface area contributed by atoms with Gasteiger partial charge in [0.2, 0.25) is 10.0 Å². The highest BCUT2D eigenvalue weighted by Crippen LogP contribution is 2.24. The molecule has 1 aliphatic heterocycles. The van der Waals surface area contributed by atoms with Gasteiger partial charge in [0.15, 0.2) is 0 Å². The molecule has 3 rings (SSSR count). The van der Waals surface area contributed by atoms with Gasteiger partial charge in [-0.2, -0.15) is 0 Å². The number of nitrogens with zero attached hydrogens (tertiary/aromatic N) is 1. The Kier molecular flexibility index (Phi) is 6.91. The topological polar surface area (TPSA) is 87.7 Å². The van der Waals surface area contributed by atoms with E-state index in [0.29, 0.717) is 22.5 Å². The maximum absolute atomic E-state index is 12.7. The van der Waals surface area contributed by atoms with E-state index in [2.05, 4.69) is 28.8 Å². The largest absolute Gasteiger partial charge is 0.372 e. The van der Waals surface area contributed by atoms with E-state index in [9.17, 15) is 13.2 Å². The molecule has 0 aliphatic carbocycles. The molecule has 2 aromatic carbocycles. The Labute approximate surface area is 184 Å². The molecular weight excluding hydrogens is 414 g/mol. The first-order valence-electron chi connectivity index (χ1n) is 10.5. The number of nitrogens with one attached hydrogen (secondary N) is 2. The number of ether oxygens (including phenoxy) is 1. The molecule has 1 aliphatic rings. The summed E-state index contributed by atoms with van der Waals surface area (Å²) in [5.41, 5.74) is 3.42. The SMILES string of the molecule is Cc1cc(C(=O)Nc2ccc(N3CC(C)OC(C)C3)cc2)ccc1NS(=O)(=O)C(C)C. The number of morpholine rings is 1. The van der Waals surface area contributed by atoms with Gasteiger partial charge in [-0.1, -0.05) is 0 Å². The van der Waals surface area contributed by atoms with Crippen molar-refractivity contribution in [3.63, 3.8) is 0 Å². The number of carbonyl (C=O) groups excluding carboxylic acids is 1. The molecule has 0 saturated carbocycles. The van der Waals surface area contributed by atoms with E-state index in [4.69, 9.17) is 4.74 Å². The molecule has 2 aromatic rings. The molecule has 2 atom stereocenters. The van der Waals surface area contributed by atoms with Crippen LogP contribution in [-0.2, 0) is 14.8 Å². The van der Waals surface area contributed by atoms with Gasteiger partial charge in [0.25, 0.3) is 5.91 Å². The van der Waals surface area contributed by atoms with Crippen LogP contribution in [0.4, 0.5) is 17.1 Å². The van der Waals surface area contributed by atoms with E-state index in [1.807, 2.05) is 24.3 Å². The second-order valence-corrected chi connectivity index (χ2v) is 10.6. The number of benzene rings is 2. The fourth-order valence-corrected chi connectivity index (χ4v) is 4.31. The van der Waals surface area contributed by atoms with Crippen molar-refractivity contribution in [3.8, 4) is 0 Å². The number of hydrogen-bond acceptors (Lipinski definition) is 5. The smallest absolute Gasteiger partial charge is 0.255 e. The molecule has 1 fully saturated rings. The van der Waals surface area contributed by atoms with Gasteiger partial charge in [-0.3, -0.25) is 9.52 Å². The highest BCUT2D eigenvalue weighted by atomic mass is 32.2. The lowest BCUT2D eigenvalue weighted by atomic mass is 10.1. The van der Waals surface area contributed by atoms with Gasteiger partial charge in [-0.25, -0.2) is 8.42 Å². The van der Waals surface area contributed by atoms with E-state index >= 15 is 0 Å². The van der Waals surface area contributed by atoms with Crippen LogP contribution in [0.3, 0.4) is 0 Å². The Morgan fingerprint density at radius 2 is 1.68 bits per heavy atom. The Morgan fingerprint density at radius 3 is 2.23 bits per heavy atom. The van der Waals surface area contributed by atoms with Crippen LogP contribution in [0.25, 0.3) is 0 Å². The van der Waals surface area contributed by atoms with Crippen molar-refractivity contribution in [2.75, 3.05) is 28.0 Å². The zero-order valence-corrected chi connectivity index (χ0v) is 19.5. The van der Waals surface area contributed by atoms with Crippen LogP contribution in [0.5, 0.6) is 0 Å². The molecule has 168 valence electrons. The number of rotatable bonds is 6. The Morgan fingerprint density at radius 1 is 1.06 bits per heavy atom. The maximum atomic E-state index is 12.7. The number of anilines is 3. The number of aryl methyl sites for hydroxylation is 1. The van der Waals surface area contributed by atoms with E-state index in [-0.39, 0.29) is 18.1 Å². The summed E-state index contributed by atoms with van der Waals surface area (Å²) in [6.07, 6.45) is 0.360. The minimum Gasteiger partial charge on any atom is -0.372 e. The highest BCUT2D eigenvalue weighted by molar-refractivity contribution is 7.93. The molecule has 7 nitrogen and oxygen atoms in total. The van der Waals surface area contributed by atoms with Crippen molar-refractivity contribution < 1.29 is 17.9 Å². The third-order valence-corrected chi connectivity index (χ3v) is 7.02. The summed E-state index contributed by atoms with van der Waals surface area (Å²) in [7, 11) is -3.44. The average Bonchev–Trinajstić information content (AvgIpc) is 2.69. The first-order valence-corrected chi connectivity index (χ1v) is 12.0. The number of carbonyl (C=O) groups is 1. The first-order chi connectivity index (χ1) is 14.5. The molecule has 8 heteroatoms. The third-order valence-electron chi connectivity index (χ3n) is 5.27. The average molecular weight is 446 g/mol. The predicted octanol–water partition coefficient (Wildman–Crippen LogP) is 4.01. The van der Waals surface area contributed by atoms with Crippen LogP contribution in [0.2, 0.25) is 0 Å². The van der Waals surface area contributed by atoms with Gasteiger partial charge >= 0.3 is 0 Å². The van der Waals surface area contributed by atoms with Gasteiger partial charge in [-0.15, -0.1) is 0 Å². The fraction of sp³-hybridized carbons (Fsp3) is 0.435. The first kappa shape index (κ1) is 23.1. The van der Waals surface area contributed by atoms with Gasteiger partial charge < -0.3 is 15.0 Å². The number of sulfonamides is 1. The predicted molar refractivity (Wildman–Crippen MR) is 125 cm³/mol. The quantitative estimate of drug-likeness (QED) is 0.701. The summed E-state index contributed by atoms with van der Waals surface area (Å²) in [6, 6.07) is 12.7. The highest BCUT2D eigenvalue weighted by Gasteiger charge is 2.22. The molecule has 0 radical (unpaired) electrons. The normalized spacial score (nSPS) is 19.4. The Bertz CT molecular complexity index is 1030. The summed E-state index contributed by atoms with van der Waals surface area (Å²) in [5, 5.41) is 2.36. The van der Waals surface area contributed by atoms with Gasteiger partial charge in [0.05, 0.1) is 23.1 Å². The molecular formula is C23H31N3O4S. The van der Waals surface area contributed by atoms with Crippen molar-refractivity contribution in [2.24, 2.45) is 0 Å². The lowest BCUT2D eigenvalue weighted by molar-refractivity contribution is -0.00521. The fourth-order valence-electron chi connectivity index (χ4n) is 3.54. The van der Waals surface area contributed by atoms with Crippen molar-refractivity contribution >= 4 is 33.0 Å². The maximum Gasteiger partial charge on any atom is 0.255 e. The van der Waals surface area contributed by atoms with Crippen LogP contribution in [0.1, 0.15) is 43.6 Å². The van der Waals surface area contributed by atoms with Crippen molar-refractivity contribution in [1.29, 1.82) is 0 Å². The summed E-state index contributed by atoms with van der Waals surface area (Å²) >= 11 is 0. The third kappa shape index (κ3) is 5.77. The molecule has 1 saturated heterocycles. The van der Waals surface area contributed by atoms with Gasteiger partial charge in [0.1, 0.15) is 0 Å². The zero-order valence-electron chi connectivity index (χ0n) is 18.7. The van der Waals surface area contributed by atoms with E-state index in [1.165, 1.54) is 0 Å². The second kappa shape index (κ2) is 9.28. The minimum absolute atomic E-state index is 0.180. The van der Waals surface area contributed by atoms with Crippen molar-refractivity contribution in [2.45, 2.75) is 52.1 Å². The molecule has 2 unspecified atom stereocenters. The van der Waals surface area contributed by atoms with Crippen LogP contribution in [0, 0.1) is 6.92 Å². The summed E-state index contributed by atoms with van der Waals surface area (Å²) in [4.78, 5) is 14.9. The molecule has 1 heterocycles. The molecule has 0 spiro atoms. The number of amides is 1. The molecule has 2 N–H and O–H groups in total. The zero-order chi connectivity index (χ0) is 22.8. The molecule has 0 bridgehead atoms. The van der Waals surface area contributed by atoms with E-state index in [1.54, 1.807) is 39.0 Å². The summed E-state index contributed by atoms with van der Waals surface area (Å²) < 4.78 is 32.5. The van der Waals surface area contributed by atoms with Gasteiger partial charge in [-0.05, 0) is 82.6 Å². The van der Waals surface area contributed by atoms with E-state index < -0.39 is 15.3 Å². The second-order valence-electron chi connectivity index (χ2n) is 8.39. The molecule has 1 amide bonds. The van der Waals surface area contributed by atoms with Crippen LogP contribution >= 0.6 is 0 Å². The standard InChI is InChI=1S/C23H31N3O4S/c1-15(2)31(28,29)25-22-11-6-19(12-16(22)3)23(27)24-20-7-9-21(10-8-20)26-13-17(4)30-18(5)14-26/h6-12,15,17-18,25H,13-14H2,1-5H3,(H,24,27). The Hall–Kier alpha value is -2.58. The molecule has 31 heavy (non-hydrogen) atoms. The molecule has 0 aromatic heterocycles. The van der Waals surface area contributed by atoms with Crippen LogP contribution < -0.4 is 14.9 Å². The number of hydrogen-bond donors (Lipinski definition) is 2. The Balaban J connectivity index is 1.67. The summed E-state index contributed by atoms with van der Waals surface area (Å²) in [6.45, 7) is 10.8. The minimum atomic E-state index is -3.44. The lowest BCUT2D eigenvalue weighted by Gasteiger charge is -2.36. The van der Waals surface area contributed by atoms with Crippen LogP contribution in [0.15, 0.2) is 42.5 Å². The van der Waals surface area contributed by atoms with E-state index in [0.717, 1.165) is 18.8 Å². The van der Waals surface area contributed by atoms with Crippen molar-refractivity contribution in [3.05, 3.63) is 53.6 Å². The van der Waals surface area contributed by atoms with Crippen molar-refractivity contribution in [1.82, 2.24) is 0 Å². The monoisotopic (exact) mass is 445 g/mol. The van der Waals surface area contributed by atoms with Crippen LogP contribution in [-0.4, -0.2) is 44.9 Å². The summed E-state index contributed by atoms with van der Waals surface area (Å²) in [5.74, 6) is -0.247.